The Bertz CT molecular complexity index is 1050. The topological polar surface area (TPSA) is 65.9 Å². The molecular weight excluding hydrogens is 399 g/mol. The first-order chi connectivity index (χ1) is 12.5. The minimum Gasteiger partial charge on any atom is -0.494 e. The number of aromatic amines is 1. The second-order valence-electron chi connectivity index (χ2n) is 5.47. The van der Waals surface area contributed by atoms with Gasteiger partial charge in [0.2, 0.25) is 0 Å². The summed E-state index contributed by atoms with van der Waals surface area (Å²) >= 11 is 3.14. The van der Waals surface area contributed by atoms with Crippen LogP contribution in [-0.2, 0) is 0 Å². The third-order valence-corrected chi connectivity index (χ3v) is 4.48. The standard InChI is InChI=1S/C20H14BrFN2O2/c1-2-26-13-8-6-12(7-9-13)18-10-15(16(11-23)20(25)24-18)14-4-3-5-17(21)19(14)22/h3-10H,2H2,1H3,(H,24,25). The molecule has 0 fully saturated rings. The lowest BCUT2D eigenvalue weighted by molar-refractivity contribution is 0.340. The summed E-state index contributed by atoms with van der Waals surface area (Å²) < 4.78 is 20.2. The van der Waals surface area contributed by atoms with Crippen molar-refractivity contribution in [2.45, 2.75) is 6.92 Å². The number of hydrogen-bond donors (Lipinski definition) is 1. The van der Waals surface area contributed by atoms with Gasteiger partial charge in [-0.05, 0) is 64.8 Å². The van der Waals surface area contributed by atoms with E-state index in [0.717, 1.165) is 5.56 Å². The van der Waals surface area contributed by atoms with Crippen molar-refractivity contribution in [1.29, 1.82) is 5.26 Å². The fourth-order valence-corrected chi connectivity index (χ4v) is 3.01. The molecule has 1 heterocycles. The maximum absolute atomic E-state index is 14.5. The predicted octanol–water partition coefficient (Wildman–Crippen LogP) is 4.88. The first-order valence-corrected chi connectivity index (χ1v) is 8.69. The molecule has 0 spiro atoms. The van der Waals surface area contributed by atoms with E-state index < -0.39 is 11.4 Å². The molecule has 0 aliphatic rings. The van der Waals surface area contributed by atoms with Gasteiger partial charge in [-0.25, -0.2) is 4.39 Å². The van der Waals surface area contributed by atoms with Crippen LogP contribution >= 0.6 is 15.9 Å². The van der Waals surface area contributed by atoms with Gasteiger partial charge in [0.15, 0.2) is 0 Å². The lowest BCUT2D eigenvalue weighted by Crippen LogP contribution is -2.13. The SMILES string of the molecule is CCOc1ccc(-c2cc(-c3cccc(Br)c3F)c(C#N)c(=O)[nH]2)cc1. The molecule has 4 nitrogen and oxygen atoms in total. The van der Waals surface area contributed by atoms with Gasteiger partial charge in [-0.3, -0.25) is 4.79 Å². The molecule has 26 heavy (non-hydrogen) atoms. The Morgan fingerprint density at radius 2 is 1.92 bits per heavy atom. The molecule has 1 aromatic heterocycles. The number of pyridine rings is 1. The lowest BCUT2D eigenvalue weighted by atomic mass is 9.98. The zero-order valence-electron chi connectivity index (χ0n) is 13.8. The smallest absolute Gasteiger partial charge is 0.266 e. The highest BCUT2D eigenvalue weighted by molar-refractivity contribution is 9.10. The zero-order chi connectivity index (χ0) is 18.7. The molecule has 3 rings (SSSR count). The molecule has 6 heteroatoms. The molecule has 1 N–H and O–H groups in total. The van der Waals surface area contributed by atoms with Crippen molar-refractivity contribution in [3.8, 4) is 34.2 Å². The van der Waals surface area contributed by atoms with Crippen LogP contribution in [0.5, 0.6) is 5.75 Å². The summed E-state index contributed by atoms with van der Waals surface area (Å²) in [6, 6.07) is 15.4. The number of hydrogen-bond acceptors (Lipinski definition) is 3. The average molecular weight is 413 g/mol. The number of nitriles is 1. The number of ether oxygens (including phenoxy) is 1. The van der Waals surface area contributed by atoms with E-state index in [1.165, 1.54) is 6.07 Å². The molecule has 0 atom stereocenters. The maximum Gasteiger partial charge on any atom is 0.266 e. The Kier molecular flexibility index (Phi) is 5.19. The van der Waals surface area contributed by atoms with Gasteiger partial charge < -0.3 is 9.72 Å². The Morgan fingerprint density at radius 1 is 1.19 bits per heavy atom. The van der Waals surface area contributed by atoms with Gasteiger partial charge in [0.05, 0.1) is 11.1 Å². The summed E-state index contributed by atoms with van der Waals surface area (Å²) in [4.78, 5) is 15.1. The van der Waals surface area contributed by atoms with Gasteiger partial charge in [-0.2, -0.15) is 5.26 Å². The maximum atomic E-state index is 14.5. The fourth-order valence-electron chi connectivity index (χ4n) is 2.65. The first kappa shape index (κ1) is 17.9. The molecule has 0 saturated heterocycles. The van der Waals surface area contributed by atoms with Crippen LogP contribution in [0.25, 0.3) is 22.4 Å². The van der Waals surface area contributed by atoms with Crippen molar-refractivity contribution >= 4 is 15.9 Å². The zero-order valence-corrected chi connectivity index (χ0v) is 15.4. The molecule has 3 aromatic rings. The molecule has 0 amide bonds. The molecule has 0 bridgehead atoms. The number of H-pyrrole nitrogens is 1. The lowest BCUT2D eigenvalue weighted by Gasteiger charge is -2.10. The van der Waals surface area contributed by atoms with E-state index in [9.17, 15) is 14.4 Å². The van der Waals surface area contributed by atoms with E-state index in [2.05, 4.69) is 20.9 Å². The van der Waals surface area contributed by atoms with Crippen LogP contribution in [0.2, 0.25) is 0 Å². The van der Waals surface area contributed by atoms with E-state index in [1.807, 2.05) is 13.0 Å². The number of benzene rings is 2. The predicted molar refractivity (Wildman–Crippen MR) is 101 cm³/mol. The normalized spacial score (nSPS) is 10.4. The molecule has 2 aromatic carbocycles. The Hall–Kier alpha value is -2.91. The second-order valence-corrected chi connectivity index (χ2v) is 6.33. The van der Waals surface area contributed by atoms with Crippen molar-refractivity contribution in [2.75, 3.05) is 6.61 Å². The van der Waals surface area contributed by atoms with Crippen LogP contribution in [0, 0.1) is 17.1 Å². The van der Waals surface area contributed by atoms with Crippen LogP contribution < -0.4 is 10.3 Å². The second kappa shape index (κ2) is 7.54. The summed E-state index contributed by atoms with van der Waals surface area (Å²) in [6.45, 7) is 2.45. The van der Waals surface area contributed by atoms with E-state index in [-0.39, 0.29) is 21.2 Å². The van der Waals surface area contributed by atoms with Crippen molar-refractivity contribution in [3.05, 3.63) is 74.7 Å². The molecule has 0 radical (unpaired) electrons. The largest absolute Gasteiger partial charge is 0.494 e. The van der Waals surface area contributed by atoms with Crippen LogP contribution in [-0.4, -0.2) is 11.6 Å². The van der Waals surface area contributed by atoms with E-state index in [1.54, 1.807) is 42.5 Å². The first-order valence-electron chi connectivity index (χ1n) is 7.90. The molecule has 130 valence electrons. The minimum atomic E-state index is -0.562. The fraction of sp³-hybridized carbons (Fsp3) is 0.100. The molecule has 0 aliphatic carbocycles. The van der Waals surface area contributed by atoms with Gasteiger partial charge in [0, 0.05) is 16.8 Å². The summed E-state index contributed by atoms with van der Waals surface area (Å²) in [5.41, 5.74) is 0.969. The highest BCUT2D eigenvalue weighted by atomic mass is 79.9. The number of rotatable bonds is 4. The third kappa shape index (κ3) is 3.39. The summed E-state index contributed by atoms with van der Waals surface area (Å²) in [5.74, 6) is 0.192. The number of nitrogens with zero attached hydrogens (tertiary/aromatic N) is 1. The molecular formula is C20H14BrFN2O2. The van der Waals surface area contributed by atoms with Gasteiger partial charge in [0.1, 0.15) is 23.2 Å². The van der Waals surface area contributed by atoms with Crippen LogP contribution in [0.3, 0.4) is 0 Å². The number of aromatic nitrogens is 1. The van der Waals surface area contributed by atoms with E-state index in [0.29, 0.717) is 18.1 Å². The quantitative estimate of drug-likeness (QED) is 0.663. The highest BCUT2D eigenvalue weighted by Gasteiger charge is 2.16. The van der Waals surface area contributed by atoms with Crippen molar-refractivity contribution in [3.63, 3.8) is 0 Å². The Balaban J connectivity index is 2.18. The van der Waals surface area contributed by atoms with Gasteiger partial charge >= 0.3 is 0 Å². The molecule has 0 unspecified atom stereocenters. The Morgan fingerprint density at radius 3 is 2.58 bits per heavy atom. The van der Waals surface area contributed by atoms with Crippen molar-refractivity contribution in [2.24, 2.45) is 0 Å². The third-order valence-electron chi connectivity index (χ3n) is 3.86. The van der Waals surface area contributed by atoms with Gasteiger partial charge in [0.25, 0.3) is 5.56 Å². The molecule has 0 saturated carbocycles. The summed E-state index contributed by atoms with van der Waals surface area (Å²) in [7, 11) is 0. The summed E-state index contributed by atoms with van der Waals surface area (Å²) in [6.07, 6.45) is 0. The minimum absolute atomic E-state index is 0.128. The van der Waals surface area contributed by atoms with Gasteiger partial charge in [-0.1, -0.05) is 12.1 Å². The van der Waals surface area contributed by atoms with Crippen molar-refractivity contribution in [1.82, 2.24) is 4.98 Å². The van der Waals surface area contributed by atoms with E-state index in [4.69, 9.17) is 4.74 Å². The Labute approximate surface area is 158 Å². The average Bonchev–Trinajstić information content (AvgIpc) is 2.64. The summed E-state index contributed by atoms with van der Waals surface area (Å²) in [5, 5.41) is 9.36. The van der Waals surface area contributed by atoms with Crippen LogP contribution in [0.1, 0.15) is 12.5 Å². The monoisotopic (exact) mass is 412 g/mol. The number of halogens is 2. The van der Waals surface area contributed by atoms with E-state index >= 15 is 0 Å². The van der Waals surface area contributed by atoms with Gasteiger partial charge in [-0.15, -0.1) is 0 Å². The van der Waals surface area contributed by atoms with Crippen molar-refractivity contribution < 1.29 is 9.13 Å². The number of nitrogens with one attached hydrogen (secondary N) is 1. The van der Waals surface area contributed by atoms with Crippen LogP contribution in [0.15, 0.2) is 57.8 Å². The molecule has 0 aliphatic heterocycles. The van der Waals surface area contributed by atoms with Crippen LogP contribution in [0.4, 0.5) is 4.39 Å². The highest BCUT2D eigenvalue weighted by Crippen LogP contribution is 2.31.